The van der Waals surface area contributed by atoms with E-state index in [-0.39, 0.29) is 11.2 Å². The van der Waals surface area contributed by atoms with Gasteiger partial charge in [-0.15, -0.1) is 0 Å². The molecule has 1 aliphatic rings. The van der Waals surface area contributed by atoms with Crippen molar-refractivity contribution in [3.8, 4) is 0 Å². The van der Waals surface area contributed by atoms with Gasteiger partial charge in [-0.25, -0.2) is 4.39 Å². The van der Waals surface area contributed by atoms with E-state index < -0.39 is 0 Å². The van der Waals surface area contributed by atoms with Crippen molar-refractivity contribution in [2.75, 3.05) is 19.8 Å². The first-order valence-electron chi connectivity index (χ1n) is 5.81. The van der Waals surface area contributed by atoms with Gasteiger partial charge in [0, 0.05) is 18.6 Å². The molecular formula is C13H18FNO. The van der Waals surface area contributed by atoms with Crippen molar-refractivity contribution in [1.82, 2.24) is 0 Å². The molecule has 0 aromatic heterocycles. The van der Waals surface area contributed by atoms with Gasteiger partial charge in [-0.2, -0.15) is 0 Å². The van der Waals surface area contributed by atoms with Gasteiger partial charge < -0.3 is 10.5 Å². The van der Waals surface area contributed by atoms with Gasteiger partial charge in [0.05, 0.1) is 0 Å². The number of hydrogen-bond donors (Lipinski definition) is 1. The highest BCUT2D eigenvalue weighted by Crippen LogP contribution is 2.37. The van der Waals surface area contributed by atoms with Crippen molar-refractivity contribution in [3.05, 3.63) is 35.6 Å². The Morgan fingerprint density at radius 2 is 1.81 bits per heavy atom. The van der Waals surface area contributed by atoms with Crippen LogP contribution >= 0.6 is 0 Å². The van der Waals surface area contributed by atoms with Gasteiger partial charge >= 0.3 is 0 Å². The van der Waals surface area contributed by atoms with Crippen molar-refractivity contribution in [2.24, 2.45) is 5.73 Å². The number of hydrogen-bond acceptors (Lipinski definition) is 2. The molecule has 1 aromatic carbocycles. The first kappa shape index (κ1) is 11.6. The van der Waals surface area contributed by atoms with Crippen LogP contribution in [0.4, 0.5) is 4.39 Å². The molecule has 0 saturated carbocycles. The molecule has 2 nitrogen and oxygen atoms in total. The van der Waals surface area contributed by atoms with Crippen LogP contribution < -0.4 is 5.73 Å². The molecule has 0 atom stereocenters. The third kappa shape index (κ3) is 2.25. The third-order valence-electron chi connectivity index (χ3n) is 3.53. The van der Waals surface area contributed by atoms with Crippen molar-refractivity contribution in [2.45, 2.75) is 24.7 Å². The molecule has 2 rings (SSSR count). The van der Waals surface area contributed by atoms with Crippen LogP contribution in [0.2, 0.25) is 0 Å². The summed E-state index contributed by atoms with van der Waals surface area (Å²) in [6.45, 7) is 2.21. The first-order valence-corrected chi connectivity index (χ1v) is 5.81. The molecule has 3 heteroatoms. The lowest BCUT2D eigenvalue weighted by molar-refractivity contribution is 0.0476. The monoisotopic (exact) mass is 223 g/mol. The van der Waals surface area contributed by atoms with E-state index >= 15 is 0 Å². The zero-order valence-electron chi connectivity index (χ0n) is 9.42. The molecular weight excluding hydrogens is 205 g/mol. The lowest BCUT2D eigenvalue weighted by atomic mass is 9.72. The Kier molecular flexibility index (Phi) is 3.56. The van der Waals surface area contributed by atoms with E-state index in [0.29, 0.717) is 6.54 Å². The minimum Gasteiger partial charge on any atom is -0.381 e. The Bertz CT molecular complexity index is 325. The summed E-state index contributed by atoms with van der Waals surface area (Å²) in [6, 6.07) is 6.83. The van der Waals surface area contributed by atoms with Gasteiger partial charge in [0.25, 0.3) is 0 Å². The van der Waals surface area contributed by atoms with Crippen molar-refractivity contribution < 1.29 is 9.13 Å². The van der Waals surface area contributed by atoms with Gasteiger partial charge in [-0.1, -0.05) is 12.1 Å². The number of rotatable bonds is 3. The van der Waals surface area contributed by atoms with Crippen LogP contribution in [0, 0.1) is 5.82 Å². The Morgan fingerprint density at radius 1 is 1.19 bits per heavy atom. The van der Waals surface area contributed by atoms with Gasteiger partial charge in [-0.05, 0) is 43.5 Å². The average molecular weight is 223 g/mol. The average Bonchev–Trinajstić information content (AvgIpc) is 2.31. The smallest absolute Gasteiger partial charge is 0.123 e. The zero-order chi connectivity index (χ0) is 11.4. The van der Waals surface area contributed by atoms with E-state index in [0.717, 1.165) is 32.5 Å². The lowest BCUT2D eigenvalue weighted by Crippen LogP contribution is -2.35. The Morgan fingerprint density at radius 3 is 2.38 bits per heavy atom. The van der Waals surface area contributed by atoms with Crippen molar-refractivity contribution in [3.63, 3.8) is 0 Å². The Labute approximate surface area is 95.6 Å². The van der Waals surface area contributed by atoms with Crippen molar-refractivity contribution in [1.29, 1.82) is 0 Å². The fourth-order valence-electron chi connectivity index (χ4n) is 2.52. The predicted octanol–water partition coefficient (Wildman–Crippen LogP) is 2.22. The van der Waals surface area contributed by atoms with Gasteiger partial charge in [-0.3, -0.25) is 0 Å². The largest absolute Gasteiger partial charge is 0.381 e. The fraction of sp³-hybridized carbons (Fsp3) is 0.538. The van der Waals surface area contributed by atoms with E-state index in [4.69, 9.17) is 10.5 Å². The normalized spacial score (nSPS) is 19.6. The summed E-state index contributed by atoms with van der Waals surface area (Å²) in [7, 11) is 0. The third-order valence-corrected chi connectivity index (χ3v) is 3.53. The maximum atomic E-state index is 12.9. The second-order valence-electron chi connectivity index (χ2n) is 4.44. The van der Waals surface area contributed by atoms with E-state index in [1.165, 1.54) is 17.7 Å². The summed E-state index contributed by atoms with van der Waals surface area (Å²) in [5.74, 6) is -0.182. The van der Waals surface area contributed by atoms with E-state index in [2.05, 4.69) is 0 Å². The molecule has 2 N–H and O–H groups in total. The highest BCUT2D eigenvalue weighted by Gasteiger charge is 2.33. The molecule has 0 spiro atoms. The lowest BCUT2D eigenvalue weighted by Gasteiger charge is -2.37. The molecule has 88 valence electrons. The van der Waals surface area contributed by atoms with E-state index in [1.807, 2.05) is 12.1 Å². The molecule has 0 aliphatic carbocycles. The number of halogens is 1. The summed E-state index contributed by atoms with van der Waals surface area (Å²) in [5.41, 5.74) is 6.99. The maximum Gasteiger partial charge on any atom is 0.123 e. The van der Waals surface area contributed by atoms with Crippen LogP contribution in [0.25, 0.3) is 0 Å². The molecule has 0 unspecified atom stereocenters. The second-order valence-corrected chi connectivity index (χ2v) is 4.44. The van der Waals surface area contributed by atoms with Crippen LogP contribution in [-0.2, 0) is 10.2 Å². The molecule has 16 heavy (non-hydrogen) atoms. The molecule has 1 saturated heterocycles. The number of benzene rings is 1. The first-order chi connectivity index (χ1) is 7.77. The summed E-state index contributed by atoms with van der Waals surface area (Å²) in [4.78, 5) is 0. The van der Waals surface area contributed by atoms with Gasteiger partial charge in [0.15, 0.2) is 0 Å². The summed E-state index contributed by atoms with van der Waals surface area (Å²) < 4.78 is 18.3. The van der Waals surface area contributed by atoms with E-state index in [1.54, 1.807) is 0 Å². The van der Waals surface area contributed by atoms with Crippen LogP contribution in [0.15, 0.2) is 24.3 Å². The highest BCUT2D eigenvalue weighted by atomic mass is 19.1. The van der Waals surface area contributed by atoms with Crippen LogP contribution in [-0.4, -0.2) is 19.8 Å². The Balaban J connectivity index is 2.26. The molecule has 1 fully saturated rings. The maximum absolute atomic E-state index is 12.9. The van der Waals surface area contributed by atoms with Gasteiger partial charge in [0.2, 0.25) is 0 Å². The molecule has 0 bridgehead atoms. The number of ether oxygens (including phenoxy) is 1. The topological polar surface area (TPSA) is 35.2 Å². The zero-order valence-corrected chi connectivity index (χ0v) is 9.42. The van der Waals surface area contributed by atoms with Crippen molar-refractivity contribution >= 4 is 0 Å². The van der Waals surface area contributed by atoms with Crippen LogP contribution in [0.5, 0.6) is 0 Å². The quantitative estimate of drug-likeness (QED) is 0.852. The molecule has 0 radical (unpaired) electrons. The minimum absolute atomic E-state index is 0.0979. The second kappa shape index (κ2) is 4.93. The fourth-order valence-corrected chi connectivity index (χ4v) is 2.52. The molecule has 1 heterocycles. The van der Waals surface area contributed by atoms with Gasteiger partial charge in [0.1, 0.15) is 5.82 Å². The summed E-state index contributed by atoms with van der Waals surface area (Å²) >= 11 is 0. The Hall–Kier alpha value is -0.930. The highest BCUT2D eigenvalue weighted by molar-refractivity contribution is 5.26. The number of nitrogens with two attached hydrogens (primary N) is 1. The van der Waals surface area contributed by atoms with Crippen LogP contribution in [0.1, 0.15) is 24.8 Å². The molecule has 0 amide bonds. The minimum atomic E-state index is -0.182. The predicted molar refractivity (Wildman–Crippen MR) is 61.8 cm³/mol. The summed E-state index contributed by atoms with van der Waals surface area (Å²) in [6.07, 6.45) is 2.91. The SMILES string of the molecule is NCCC1(c2ccc(F)cc2)CCOCC1. The standard InChI is InChI=1S/C13H18FNO/c14-12-3-1-11(2-4-12)13(5-8-15)6-9-16-10-7-13/h1-4H,5-10,15H2. The van der Waals surface area contributed by atoms with E-state index in [9.17, 15) is 4.39 Å². The van der Waals surface area contributed by atoms with Crippen LogP contribution in [0.3, 0.4) is 0 Å². The molecule has 1 aromatic rings. The molecule has 1 aliphatic heterocycles. The summed E-state index contributed by atoms with van der Waals surface area (Å²) in [5, 5.41) is 0.